The summed E-state index contributed by atoms with van der Waals surface area (Å²) in [5, 5.41) is 34.3. The SMILES string of the molecule is O=S(=O)(O)c1ccc(O)c(C=NCCNCCN=Cc2cc(SOOO)ccc2O)c1. The number of rotatable bonds is 12. The fraction of sp³-hybridized carbons (Fsp3) is 0.222. The van der Waals surface area contributed by atoms with E-state index in [1.807, 2.05) is 0 Å². The van der Waals surface area contributed by atoms with Gasteiger partial charge in [0.25, 0.3) is 10.1 Å². The van der Waals surface area contributed by atoms with Crippen LogP contribution in [0.4, 0.5) is 0 Å². The zero-order chi connectivity index (χ0) is 22.7. The Morgan fingerprint density at radius 2 is 1.55 bits per heavy atom. The lowest BCUT2D eigenvalue weighted by molar-refractivity contribution is -0.432. The van der Waals surface area contributed by atoms with Crippen LogP contribution in [0.1, 0.15) is 11.1 Å². The van der Waals surface area contributed by atoms with Crippen LogP contribution in [0.25, 0.3) is 0 Å². The third kappa shape index (κ3) is 8.63. The number of phenolic OH excluding ortho intramolecular Hbond substituents is 2. The maximum absolute atomic E-state index is 11.1. The lowest BCUT2D eigenvalue weighted by Crippen LogP contribution is -2.20. The summed E-state index contributed by atoms with van der Waals surface area (Å²) in [5.41, 5.74) is 0.652. The first kappa shape index (κ1) is 24.7. The number of hydrogen-bond donors (Lipinski definition) is 5. The highest BCUT2D eigenvalue weighted by atomic mass is 32.2. The Labute approximate surface area is 182 Å². The number of aliphatic imine (C=N–C) groups is 2. The molecule has 0 fully saturated rings. The second-order valence-corrected chi connectivity index (χ2v) is 8.16. The lowest BCUT2D eigenvalue weighted by Gasteiger charge is -2.03. The molecule has 0 atom stereocenters. The van der Waals surface area contributed by atoms with Crippen LogP contribution in [0.15, 0.2) is 56.2 Å². The molecule has 13 heteroatoms. The van der Waals surface area contributed by atoms with Gasteiger partial charge >= 0.3 is 0 Å². The number of aromatic hydroxyl groups is 2. The summed E-state index contributed by atoms with van der Waals surface area (Å²) in [6.07, 6.45) is 2.83. The van der Waals surface area contributed by atoms with Gasteiger partial charge in [-0.1, -0.05) is 5.04 Å². The van der Waals surface area contributed by atoms with Gasteiger partial charge in [-0.15, -0.1) is 4.33 Å². The summed E-state index contributed by atoms with van der Waals surface area (Å²) < 4.78 is 35.7. The van der Waals surface area contributed by atoms with Gasteiger partial charge in [-0.2, -0.15) is 8.42 Å². The molecule has 168 valence electrons. The molecule has 5 N–H and O–H groups in total. The molecule has 0 saturated heterocycles. The highest BCUT2D eigenvalue weighted by Gasteiger charge is 2.11. The lowest BCUT2D eigenvalue weighted by atomic mass is 10.2. The Morgan fingerprint density at radius 1 is 0.968 bits per heavy atom. The molecule has 2 rings (SSSR count). The van der Waals surface area contributed by atoms with Crippen molar-refractivity contribution in [2.24, 2.45) is 9.98 Å². The molecule has 0 radical (unpaired) electrons. The van der Waals surface area contributed by atoms with Gasteiger partial charge in [-0.3, -0.25) is 14.5 Å². The predicted molar refractivity (Wildman–Crippen MR) is 114 cm³/mol. The second-order valence-electron chi connectivity index (χ2n) is 5.96. The van der Waals surface area contributed by atoms with Crippen molar-refractivity contribution in [1.82, 2.24) is 5.32 Å². The summed E-state index contributed by atoms with van der Waals surface area (Å²) in [5.74, 6) is -0.110. The minimum Gasteiger partial charge on any atom is -0.507 e. The van der Waals surface area contributed by atoms with Crippen LogP contribution in [0.3, 0.4) is 0 Å². The second kappa shape index (κ2) is 12.4. The van der Waals surface area contributed by atoms with E-state index in [4.69, 9.17) is 9.81 Å². The maximum atomic E-state index is 11.1. The smallest absolute Gasteiger partial charge is 0.294 e. The molecule has 0 saturated carbocycles. The number of hydrogen-bond acceptors (Lipinski definition) is 11. The van der Waals surface area contributed by atoms with Crippen LogP contribution >= 0.6 is 12.0 Å². The van der Waals surface area contributed by atoms with Crippen molar-refractivity contribution in [2.75, 3.05) is 26.2 Å². The van der Waals surface area contributed by atoms with E-state index >= 15 is 0 Å². The van der Waals surface area contributed by atoms with Crippen LogP contribution in [-0.2, 0) is 19.5 Å². The molecule has 2 aromatic rings. The summed E-state index contributed by atoms with van der Waals surface area (Å²) in [6, 6.07) is 8.04. The standard InChI is InChI=1S/C18H21N3O8S2/c22-17-3-1-15(30-29-28-24)9-13(17)11-20-7-5-19-6-8-21-12-14-10-16(31(25,26)27)2-4-18(14)23/h1-4,9-12,19,22-24H,5-8H2,(H,25,26,27). The monoisotopic (exact) mass is 471 g/mol. The van der Waals surface area contributed by atoms with Crippen LogP contribution in [-0.4, -0.2) is 67.0 Å². The average Bonchev–Trinajstić information content (AvgIpc) is 2.73. The minimum absolute atomic E-state index is 0.0432. The van der Waals surface area contributed by atoms with E-state index < -0.39 is 10.1 Å². The van der Waals surface area contributed by atoms with E-state index in [-0.39, 0.29) is 22.0 Å². The van der Waals surface area contributed by atoms with Crippen molar-refractivity contribution in [1.29, 1.82) is 0 Å². The number of benzene rings is 2. The minimum atomic E-state index is -4.36. The van der Waals surface area contributed by atoms with Crippen LogP contribution in [0, 0.1) is 0 Å². The molecule has 0 bridgehead atoms. The van der Waals surface area contributed by atoms with Gasteiger partial charge in [0.15, 0.2) is 0 Å². The van der Waals surface area contributed by atoms with Gasteiger partial charge in [0.2, 0.25) is 0 Å². The Hall–Kier alpha value is -2.52. The van der Waals surface area contributed by atoms with Crippen LogP contribution < -0.4 is 5.32 Å². The van der Waals surface area contributed by atoms with Gasteiger partial charge in [0.1, 0.15) is 11.5 Å². The molecular formula is C18H21N3O8S2. The van der Waals surface area contributed by atoms with E-state index in [1.54, 1.807) is 12.1 Å². The number of phenols is 2. The van der Waals surface area contributed by atoms with Crippen molar-refractivity contribution in [3.8, 4) is 11.5 Å². The summed E-state index contributed by atoms with van der Waals surface area (Å²) in [4.78, 5) is 8.57. The molecule has 0 spiro atoms. The van der Waals surface area contributed by atoms with Crippen LogP contribution in [0.2, 0.25) is 0 Å². The zero-order valence-electron chi connectivity index (χ0n) is 16.1. The van der Waals surface area contributed by atoms with Gasteiger partial charge in [-0.25, -0.2) is 5.26 Å². The predicted octanol–water partition coefficient (Wildman–Crippen LogP) is 1.90. The Bertz CT molecular complexity index is 1030. The van der Waals surface area contributed by atoms with Crippen LogP contribution in [0.5, 0.6) is 11.5 Å². The van der Waals surface area contributed by atoms with Crippen molar-refractivity contribution < 1.29 is 37.8 Å². The van der Waals surface area contributed by atoms with E-state index in [2.05, 4.69) is 24.7 Å². The van der Waals surface area contributed by atoms with Crippen molar-refractivity contribution in [3.05, 3.63) is 47.5 Å². The topological polar surface area (TPSA) is 170 Å². The van der Waals surface area contributed by atoms with E-state index in [0.29, 0.717) is 36.6 Å². The fourth-order valence-corrected chi connectivity index (χ4v) is 3.20. The molecule has 0 amide bonds. The van der Waals surface area contributed by atoms with Gasteiger partial charge in [0, 0.05) is 41.5 Å². The molecule has 11 nitrogen and oxygen atoms in total. The zero-order valence-corrected chi connectivity index (χ0v) is 17.7. The molecular weight excluding hydrogens is 450 g/mol. The molecule has 0 unspecified atom stereocenters. The molecule has 31 heavy (non-hydrogen) atoms. The van der Waals surface area contributed by atoms with E-state index in [0.717, 1.165) is 24.2 Å². The van der Waals surface area contributed by atoms with Crippen molar-refractivity contribution in [2.45, 2.75) is 9.79 Å². The first-order valence-electron chi connectivity index (χ1n) is 8.80. The van der Waals surface area contributed by atoms with Gasteiger partial charge in [-0.05, 0) is 36.4 Å². The van der Waals surface area contributed by atoms with Gasteiger partial charge < -0.3 is 15.5 Å². The summed E-state index contributed by atoms with van der Waals surface area (Å²) in [7, 11) is -4.36. The third-order valence-electron chi connectivity index (χ3n) is 3.75. The molecule has 0 aliphatic heterocycles. The highest BCUT2D eigenvalue weighted by molar-refractivity contribution is 7.94. The fourth-order valence-electron chi connectivity index (χ4n) is 2.28. The number of nitrogens with zero attached hydrogens (tertiary/aromatic N) is 2. The number of nitrogens with one attached hydrogen (secondary N) is 1. The maximum Gasteiger partial charge on any atom is 0.294 e. The molecule has 0 aliphatic carbocycles. The quantitative estimate of drug-likeness (QED) is 0.0769. The van der Waals surface area contributed by atoms with E-state index in [1.165, 1.54) is 24.6 Å². The Balaban J connectivity index is 1.73. The van der Waals surface area contributed by atoms with Gasteiger partial charge in [0.05, 0.1) is 30.0 Å². The highest BCUT2D eigenvalue weighted by Crippen LogP contribution is 2.25. The largest absolute Gasteiger partial charge is 0.507 e. The van der Waals surface area contributed by atoms with Crippen molar-refractivity contribution in [3.63, 3.8) is 0 Å². The Kier molecular flexibility index (Phi) is 9.87. The molecule has 0 heterocycles. The summed E-state index contributed by atoms with van der Waals surface area (Å²) >= 11 is 0.771. The molecule has 0 aromatic heterocycles. The molecule has 0 aliphatic rings. The average molecular weight is 472 g/mol. The first-order chi connectivity index (χ1) is 14.8. The Morgan fingerprint density at radius 3 is 2.13 bits per heavy atom. The molecule has 2 aromatic carbocycles. The van der Waals surface area contributed by atoms with Crippen molar-refractivity contribution >= 4 is 34.6 Å². The normalized spacial score (nSPS) is 12.2. The van der Waals surface area contributed by atoms with E-state index in [9.17, 15) is 18.6 Å². The summed E-state index contributed by atoms with van der Waals surface area (Å²) in [6.45, 7) is 1.87. The third-order valence-corrected chi connectivity index (χ3v) is 5.18. The first-order valence-corrected chi connectivity index (χ1v) is 11.0.